The van der Waals surface area contributed by atoms with Crippen molar-refractivity contribution >= 4 is 50.3 Å². The standard InChI is InChI=1S/C6H4BrIN2O2/c7-5-1-3(8)4(2-9-5)10-6(11)12/h1-2,10H,(H,11,12). The molecular formula is C6H4BrIN2O2. The fraction of sp³-hybridized carbons (Fsp3) is 0. The number of carbonyl (C=O) groups is 1. The smallest absolute Gasteiger partial charge is 0.409 e. The van der Waals surface area contributed by atoms with E-state index in [1.807, 2.05) is 22.6 Å². The summed E-state index contributed by atoms with van der Waals surface area (Å²) in [4.78, 5) is 14.1. The molecule has 0 aliphatic carbocycles. The molecular weight excluding hydrogens is 339 g/mol. The minimum absolute atomic E-state index is 0.492. The van der Waals surface area contributed by atoms with E-state index >= 15 is 0 Å². The number of nitrogens with one attached hydrogen (secondary N) is 1. The molecule has 0 saturated heterocycles. The third-order valence-electron chi connectivity index (χ3n) is 1.06. The van der Waals surface area contributed by atoms with Crippen molar-refractivity contribution in [3.63, 3.8) is 0 Å². The molecule has 0 atom stereocenters. The number of amides is 1. The second-order valence-electron chi connectivity index (χ2n) is 1.92. The van der Waals surface area contributed by atoms with Crippen molar-refractivity contribution in [2.24, 2.45) is 0 Å². The van der Waals surface area contributed by atoms with Gasteiger partial charge in [0.1, 0.15) is 4.60 Å². The van der Waals surface area contributed by atoms with Gasteiger partial charge in [0.2, 0.25) is 0 Å². The molecule has 0 bridgehead atoms. The van der Waals surface area contributed by atoms with Gasteiger partial charge in [-0.15, -0.1) is 0 Å². The van der Waals surface area contributed by atoms with Crippen LogP contribution in [0.5, 0.6) is 0 Å². The molecule has 0 saturated carbocycles. The number of hydrogen-bond acceptors (Lipinski definition) is 2. The first kappa shape index (κ1) is 9.72. The highest BCUT2D eigenvalue weighted by atomic mass is 127. The number of halogens is 2. The Hall–Kier alpha value is -0.370. The SMILES string of the molecule is O=C(O)Nc1cnc(Br)cc1I. The van der Waals surface area contributed by atoms with Crippen molar-refractivity contribution in [3.8, 4) is 0 Å². The summed E-state index contributed by atoms with van der Waals surface area (Å²) in [5.41, 5.74) is 0.492. The van der Waals surface area contributed by atoms with Crippen LogP contribution in [0.3, 0.4) is 0 Å². The van der Waals surface area contributed by atoms with Gasteiger partial charge in [-0.05, 0) is 44.6 Å². The second kappa shape index (κ2) is 4.04. The van der Waals surface area contributed by atoms with Crippen LogP contribution < -0.4 is 5.32 Å². The predicted octanol–water partition coefficient (Wildman–Crippen LogP) is 2.54. The first-order chi connectivity index (χ1) is 5.59. The van der Waals surface area contributed by atoms with E-state index in [0.717, 1.165) is 3.57 Å². The van der Waals surface area contributed by atoms with Gasteiger partial charge >= 0.3 is 6.09 Å². The molecule has 1 aromatic rings. The fourth-order valence-corrected chi connectivity index (χ4v) is 1.94. The molecule has 0 unspecified atom stereocenters. The summed E-state index contributed by atoms with van der Waals surface area (Å²) in [6.07, 6.45) is 0.372. The molecule has 1 aromatic heterocycles. The fourth-order valence-electron chi connectivity index (χ4n) is 0.615. The first-order valence-electron chi connectivity index (χ1n) is 2.90. The van der Waals surface area contributed by atoms with Crippen LogP contribution in [-0.4, -0.2) is 16.2 Å². The Balaban J connectivity index is 2.93. The second-order valence-corrected chi connectivity index (χ2v) is 3.89. The average molecular weight is 343 g/mol. The van der Waals surface area contributed by atoms with Crippen LogP contribution in [0, 0.1) is 3.57 Å². The number of carboxylic acid groups (broad SMARTS) is 1. The Morgan fingerprint density at radius 1 is 1.75 bits per heavy atom. The zero-order valence-electron chi connectivity index (χ0n) is 5.71. The van der Waals surface area contributed by atoms with Crippen LogP contribution in [0.25, 0.3) is 0 Å². The molecule has 0 aliphatic heterocycles. The lowest BCUT2D eigenvalue weighted by molar-refractivity contribution is 0.209. The Bertz CT molecular complexity index is 318. The summed E-state index contributed by atoms with van der Waals surface area (Å²) >= 11 is 5.19. The van der Waals surface area contributed by atoms with E-state index in [0.29, 0.717) is 10.3 Å². The van der Waals surface area contributed by atoms with Gasteiger partial charge in [0.15, 0.2) is 0 Å². The molecule has 4 nitrogen and oxygen atoms in total. The quantitative estimate of drug-likeness (QED) is 0.609. The highest BCUT2D eigenvalue weighted by Gasteiger charge is 2.03. The van der Waals surface area contributed by atoms with Gasteiger partial charge < -0.3 is 5.11 Å². The zero-order valence-corrected chi connectivity index (χ0v) is 9.46. The van der Waals surface area contributed by atoms with Crippen LogP contribution in [0.4, 0.5) is 10.5 Å². The monoisotopic (exact) mass is 342 g/mol. The normalized spacial score (nSPS) is 9.50. The molecule has 2 N–H and O–H groups in total. The lowest BCUT2D eigenvalue weighted by Gasteiger charge is -2.02. The van der Waals surface area contributed by atoms with E-state index < -0.39 is 6.09 Å². The number of nitrogens with zero attached hydrogens (tertiary/aromatic N) is 1. The number of rotatable bonds is 1. The minimum Gasteiger partial charge on any atom is -0.465 e. The molecule has 1 heterocycles. The van der Waals surface area contributed by atoms with Crippen LogP contribution in [0.1, 0.15) is 0 Å². The van der Waals surface area contributed by atoms with Gasteiger partial charge in [0.25, 0.3) is 0 Å². The van der Waals surface area contributed by atoms with Crippen LogP contribution in [0.15, 0.2) is 16.9 Å². The minimum atomic E-state index is -1.09. The summed E-state index contributed by atoms with van der Waals surface area (Å²) in [7, 11) is 0. The number of aromatic nitrogens is 1. The van der Waals surface area contributed by atoms with E-state index in [2.05, 4.69) is 26.2 Å². The van der Waals surface area contributed by atoms with Gasteiger partial charge in [0.05, 0.1) is 11.9 Å². The maximum atomic E-state index is 10.3. The topological polar surface area (TPSA) is 62.2 Å². The Kier molecular flexibility index (Phi) is 3.27. The number of hydrogen-bond donors (Lipinski definition) is 2. The van der Waals surface area contributed by atoms with E-state index in [4.69, 9.17) is 5.11 Å². The van der Waals surface area contributed by atoms with Gasteiger partial charge in [0, 0.05) is 3.57 Å². The lowest BCUT2D eigenvalue weighted by atomic mass is 10.4. The highest BCUT2D eigenvalue weighted by Crippen LogP contribution is 2.19. The van der Waals surface area contributed by atoms with Gasteiger partial charge in [-0.25, -0.2) is 9.78 Å². The number of pyridine rings is 1. The Morgan fingerprint density at radius 3 is 2.92 bits per heavy atom. The first-order valence-corrected chi connectivity index (χ1v) is 4.78. The van der Waals surface area contributed by atoms with E-state index in [-0.39, 0.29) is 0 Å². The maximum Gasteiger partial charge on any atom is 0.409 e. The maximum absolute atomic E-state index is 10.3. The summed E-state index contributed by atoms with van der Waals surface area (Å²) in [6, 6.07) is 1.73. The van der Waals surface area contributed by atoms with Crippen LogP contribution in [-0.2, 0) is 0 Å². The van der Waals surface area contributed by atoms with Gasteiger partial charge in [-0.1, -0.05) is 0 Å². The molecule has 0 spiro atoms. The van der Waals surface area contributed by atoms with Crippen molar-refractivity contribution in [2.45, 2.75) is 0 Å². The van der Waals surface area contributed by atoms with Crippen molar-refractivity contribution in [1.29, 1.82) is 0 Å². The molecule has 0 aromatic carbocycles. The van der Waals surface area contributed by atoms with Crippen LogP contribution >= 0.6 is 38.5 Å². The largest absolute Gasteiger partial charge is 0.465 e. The van der Waals surface area contributed by atoms with E-state index in [1.165, 1.54) is 6.20 Å². The summed E-state index contributed by atoms with van der Waals surface area (Å²) in [5, 5.41) is 10.6. The molecule has 0 radical (unpaired) electrons. The summed E-state index contributed by atoms with van der Waals surface area (Å²) in [5.74, 6) is 0. The highest BCUT2D eigenvalue weighted by molar-refractivity contribution is 14.1. The van der Waals surface area contributed by atoms with Gasteiger partial charge in [-0.3, -0.25) is 5.32 Å². The average Bonchev–Trinajstić information content (AvgIpc) is 1.94. The number of anilines is 1. The van der Waals surface area contributed by atoms with Crippen molar-refractivity contribution in [2.75, 3.05) is 5.32 Å². The van der Waals surface area contributed by atoms with Crippen LogP contribution in [0.2, 0.25) is 0 Å². The lowest BCUT2D eigenvalue weighted by Crippen LogP contribution is -2.08. The van der Waals surface area contributed by atoms with E-state index in [9.17, 15) is 4.79 Å². The molecule has 12 heavy (non-hydrogen) atoms. The molecule has 6 heteroatoms. The summed E-state index contributed by atoms with van der Waals surface area (Å²) in [6.45, 7) is 0. The molecule has 0 aliphatic rings. The molecule has 64 valence electrons. The van der Waals surface area contributed by atoms with Gasteiger partial charge in [-0.2, -0.15) is 0 Å². The predicted molar refractivity (Wildman–Crippen MR) is 56.3 cm³/mol. The summed E-state index contributed by atoms with van der Waals surface area (Å²) < 4.78 is 1.49. The molecule has 0 fully saturated rings. The Morgan fingerprint density at radius 2 is 2.42 bits per heavy atom. The zero-order chi connectivity index (χ0) is 9.14. The van der Waals surface area contributed by atoms with Crippen molar-refractivity contribution in [3.05, 3.63) is 20.4 Å². The Labute approximate surface area is 90.7 Å². The third kappa shape index (κ3) is 2.59. The molecule has 1 rings (SSSR count). The third-order valence-corrected chi connectivity index (χ3v) is 2.39. The van der Waals surface area contributed by atoms with E-state index in [1.54, 1.807) is 6.07 Å². The molecule has 1 amide bonds. The van der Waals surface area contributed by atoms with Crippen molar-refractivity contribution < 1.29 is 9.90 Å². The van der Waals surface area contributed by atoms with Crippen molar-refractivity contribution in [1.82, 2.24) is 4.98 Å².